The Morgan fingerprint density at radius 2 is 1.10 bits per heavy atom. The SMILES string of the molecule is CC1c2c(c3ccccc3n2-c2cc(-c3ccc(-c4cn5ccccc5n4)cc3)cc(-c3ccc(-c4cn5ccccc5n4)cc3)c2)CCN1C. The molecule has 1 unspecified atom stereocenters. The van der Waals surface area contributed by atoms with Crippen LogP contribution in [0.1, 0.15) is 24.2 Å². The average molecular weight is 661 g/mol. The molecule has 0 bridgehead atoms. The molecule has 1 aliphatic rings. The first-order valence-corrected chi connectivity index (χ1v) is 17.6. The second-order valence-electron chi connectivity index (χ2n) is 13.7. The number of para-hydroxylation sites is 1. The van der Waals surface area contributed by atoms with Crippen LogP contribution in [0.25, 0.3) is 72.7 Å². The van der Waals surface area contributed by atoms with Crippen LogP contribution in [-0.4, -0.2) is 41.8 Å². The number of imidazole rings is 2. The topological polar surface area (TPSA) is 42.8 Å². The third kappa shape index (κ3) is 4.98. The third-order valence-corrected chi connectivity index (χ3v) is 10.7. The van der Waals surface area contributed by atoms with Crippen LogP contribution in [0.5, 0.6) is 0 Å². The zero-order valence-electron chi connectivity index (χ0n) is 28.6. The number of hydrogen-bond acceptors (Lipinski definition) is 3. The van der Waals surface area contributed by atoms with Crippen molar-refractivity contribution in [1.29, 1.82) is 0 Å². The maximum atomic E-state index is 4.86. The Hall–Kier alpha value is -6.24. The van der Waals surface area contributed by atoms with Gasteiger partial charge < -0.3 is 13.4 Å². The van der Waals surface area contributed by atoms with Crippen LogP contribution in [0.4, 0.5) is 0 Å². The van der Waals surface area contributed by atoms with Gasteiger partial charge in [0.1, 0.15) is 11.3 Å². The molecule has 246 valence electrons. The molecule has 0 saturated heterocycles. The fraction of sp³-hybridized carbons (Fsp3) is 0.111. The molecule has 1 atom stereocenters. The Labute approximate surface area is 296 Å². The minimum Gasteiger partial charge on any atom is -0.312 e. The maximum absolute atomic E-state index is 4.86. The first-order valence-electron chi connectivity index (χ1n) is 17.6. The van der Waals surface area contributed by atoms with Crippen molar-refractivity contribution >= 4 is 22.2 Å². The smallest absolute Gasteiger partial charge is 0.137 e. The van der Waals surface area contributed by atoms with Gasteiger partial charge in [0.15, 0.2) is 0 Å². The van der Waals surface area contributed by atoms with Crippen LogP contribution in [0.3, 0.4) is 0 Å². The van der Waals surface area contributed by atoms with Gasteiger partial charge in [-0.05, 0) is 96.7 Å². The number of likely N-dealkylation sites (N-methyl/N-ethyl adjacent to an activating group) is 1. The Kier molecular flexibility index (Phi) is 6.79. The van der Waals surface area contributed by atoms with E-state index in [1.54, 1.807) is 0 Å². The molecule has 6 heteroatoms. The lowest BCUT2D eigenvalue weighted by molar-refractivity contribution is 0.241. The van der Waals surface area contributed by atoms with Gasteiger partial charge in [0.25, 0.3) is 0 Å². The quantitative estimate of drug-likeness (QED) is 0.185. The first-order chi connectivity index (χ1) is 25.1. The molecule has 0 saturated carbocycles. The highest BCUT2D eigenvalue weighted by Crippen LogP contribution is 2.40. The lowest BCUT2D eigenvalue weighted by Gasteiger charge is -2.32. The fourth-order valence-electron chi connectivity index (χ4n) is 7.88. The van der Waals surface area contributed by atoms with Gasteiger partial charge in [0.05, 0.1) is 16.9 Å². The van der Waals surface area contributed by atoms with Gasteiger partial charge in [0.2, 0.25) is 0 Å². The molecule has 0 fully saturated rings. The Balaban J connectivity index is 1.12. The molecule has 10 rings (SSSR count). The summed E-state index contributed by atoms with van der Waals surface area (Å²) in [5, 5.41) is 1.35. The summed E-state index contributed by atoms with van der Waals surface area (Å²) < 4.78 is 6.66. The van der Waals surface area contributed by atoms with Crippen LogP contribution < -0.4 is 0 Å². The van der Waals surface area contributed by atoms with Crippen molar-refractivity contribution in [3.05, 3.63) is 163 Å². The van der Waals surface area contributed by atoms with Crippen molar-refractivity contribution in [3.8, 4) is 50.5 Å². The summed E-state index contributed by atoms with van der Waals surface area (Å²) in [6, 6.07) is 46.1. The van der Waals surface area contributed by atoms with E-state index in [0.29, 0.717) is 6.04 Å². The summed E-state index contributed by atoms with van der Waals surface area (Å²) in [7, 11) is 2.24. The van der Waals surface area contributed by atoms with Crippen LogP contribution in [0.15, 0.2) is 152 Å². The van der Waals surface area contributed by atoms with Crippen molar-refractivity contribution in [2.75, 3.05) is 13.6 Å². The third-order valence-electron chi connectivity index (χ3n) is 10.7. The van der Waals surface area contributed by atoms with E-state index in [-0.39, 0.29) is 0 Å². The molecular weight excluding hydrogens is 625 g/mol. The van der Waals surface area contributed by atoms with Gasteiger partial charge in [-0.25, -0.2) is 9.97 Å². The molecule has 9 aromatic rings. The van der Waals surface area contributed by atoms with Gasteiger partial charge in [0, 0.05) is 65.3 Å². The second kappa shape index (κ2) is 11.7. The van der Waals surface area contributed by atoms with E-state index in [1.807, 2.05) is 48.8 Å². The predicted molar refractivity (Wildman–Crippen MR) is 207 cm³/mol. The van der Waals surface area contributed by atoms with Gasteiger partial charge in [-0.1, -0.05) is 78.9 Å². The highest BCUT2D eigenvalue weighted by molar-refractivity contribution is 5.89. The van der Waals surface area contributed by atoms with E-state index in [2.05, 4.69) is 136 Å². The van der Waals surface area contributed by atoms with E-state index >= 15 is 0 Å². The lowest BCUT2D eigenvalue weighted by Crippen LogP contribution is -2.31. The standard InChI is InChI=1S/C45H36N6/c1-30-45-39(21-24-48(30)2)38-9-3-4-10-42(38)51(45)37-26-35(31-13-17-33(18-14-31)40-28-49-22-7-5-11-43(49)46-40)25-36(27-37)32-15-19-34(20-16-32)41-29-50-23-8-6-12-44(50)47-41/h3-20,22-23,25-30H,21,24H2,1-2H3. The zero-order valence-corrected chi connectivity index (χ0v) is 28.6. The van der Waals surface area contributed by atoms with Gasteiger partial charge in [-0.3, -0.25) is 4.90 Å². The van der Waals surface area contributed by atoms with Crippen LogP contribution in [0, 0.1) is 0 Å². The van der Waals surface area contributed by atoms with Crippen LogP contribution in [-0.2, 0) is 6.42 Å². The fourth-order valence-corrected chi connectivity index (χ4v) is 7.88. The highest BCUT2D eigenvalue weighted by atomic mass is 15.2. The number of hydrogen-bond donors (Lipinski definition) is 0. The number of fused-ring (bicyclic) bond motifs is 5. The van der Waals surface area contributed by atoms with Crippen LogP contribution in [0.2, 0.25) is 0 Å². The largest absolute Gasteiger partial charge is 0.312 e. The van der Waals surface area contributed by atoms with Crippen molar-refractivity contribution < 1.29 is 0 Å². The molecular formula is C45H36N6. The van der Waals surface area contributed by atoms with Crippen molar-refractivity contribution in [3.63, 3.8) is 0 Å². The number of benzene rings is 4. The zero-order chi connectivity index (χ0) is 34.1. The van der Waals surface area contributed by atoms with Gasteiger partial charge in [-0.15, -0.1) is 0 Å². The number of aromatic nitrogens is 5. The molecule has 5 aromatic heterocycles. The minimum atomic E-state index is 0.294. The minimum absolute atomic E-state index is 0.294. The summed E-state index contributed by atoms with van der Waals surface area (Å²) in [6.07, 6.45) is 9.32. The normalized spacial score (nSPS) is 14.8. The number of nitrogens with zero attached hydrogens (tertiary/aromatic N) is 6. The van der Waals surface area contributed by atoms with Crippen molar-refractivity contribution in [2.24, 2.45) is 0 Å². The molecule has 6 nitrogen and oxygen atoms in total. The van der Waals surface area contributed by atoms with Crippen molar-refractivity contribution in [2.45, 2.75) is 19.4 Å². The average Bonchev–Trinajstić information content (AvgIpc) is 3.91. The summed E-state index contributed by atoms with van der Waals surface area (Å²) in [5.74, 6) is 0. The van der Waals surface area contributed by atoms with Gasteiger partial charge >= 0.3 is 0 Å². The summed E-state index contributed by atoms with van der Waals surface area (Å²) in [4.78, 5) is 12.2. The summed E-state index contributed by atoms with van der Waals surface area (Å²) in [6.45, 7) is 3.40. The molecule has 6 heterocycles. The maximum Gasteiger partial charge on any atom is 0.137 e. The molecule has 0 radical (unpaired) electrons. The molecule has 51 heavy (non-hydrogen) atoms. The monoisotopic (exact) mass is 660 g/mol. The molecule has 0 N–H and O–H groups in total. The molecule has 0 aliphatic carbocycles. The van der Waals surface area contributed by atoms with Crippen molar-refractivity contribution in [1.82, 2.24) is 28.2 Å². The van der Waals surface area contributed by atoms with E-state index in [0.717, 1.165) is 46.8 Å². The Morgan fingerprint density at radius 1 is 0.569 bits per heavy atom. The molecule has 0 amide bonds. The Bertz CT molecular complexity index is 2530. The van der Waals surface area contributed by atoms with E-state index < -0.39 is 0 Å². The first kappa shape index (κ1) is 29.7. The number of rotatable bonds is 5. The number of pyridine rings is 2. The van der Waals surface area contributed by atoms with E-state index in [4.69, 9.17) is 9.97 Å². The highest BCUT2D eigenvalue weighted by Gasteiger charge is 2.29. The summed E-state index contributed by atoms with van der Waals surface area (Å²) in [5.41, 5.74) is 16.0. The Morgan fingerprint density at radius 3 is 1.67 bits per heavy atom. The summed E-state index contributed by atoms with van der Waals surface area (Å²) >= 11 is 0. The molecule has 1 aliphatic heterocycles. The van der Waals surface area contributed by atoms with E-state index in [1.165, 1.54) is 50.1 Å². The van der Waals surface area contributed by atoms with Gasteiger partial charge in [-0.2, -0.15) is 0 Å². The van der Waals surface area contributed by atoms with E-state index in [9.17, 15) is 0 Å². The lowest BCUT2D eigenvalue weighted by atomic mass is 9.95. The van der Waals surface area contributed by atoms with Crippen LogP contribution >= 0.6 is 0 Å². The molecule has 0 spiro atoms. The molecule has 4 aromatic carbocycles. The second-order valence-corrected chi connectivity index (χ2v) is 13.7. The predicted octanol–water partition coefficient (Wildman–Crippen LogP) is 10.1.